The molecule has 0 unspecified atom stereocenters. The molecule has 0 aromatic heterocycles. The van der Waals surface area contributed by atoms with Crippen molar-refractivity contribution in [1.82, 2.24) is 0 Å². The van der Waals surface area contributed by atoms with Crippen molar-refractivity contribution in [1.29, 1.82) is 0 Å². The quantitative estimate of drug-likeness (QED) is 0.391. The maximum atomic E-state index is 12.3. The van der Waals surface area contributed by atoms with Gasteiger partial charge in [-0.2, -0.15) is 0 Å². The van der Waals surface area contributed by atoms with Gasteiger partial charge in [0.2, 0.25) is 0 Å². The van der Waals surface area contributed by atoms with E-state index in [0.29, 0.717) is 16.0 Å². The molecule has 8 heteroatoms. The molecule has 0 saturated carbocycles. The van der Waals surface area contributed by atoms with Gasteiger partial charge in [-0.1, -0.05) is 17.7 Å². The SMILES string of the molecule is COc1cc(C=Nc2ccc(N3CCOCC3)cc2)cc(Br)c1OCC(=O)Nc1ccc(C)cc1. The third-order valence-electron chi connectivity index (χ3n) is 5.52. The predicted molar refractivity (Wildman–Crippen MR) is 143 cm³/mol. The molecule has 3 aromatic rings. The Bertz CT molecular complexity index is 1170. The molecule has 1 saturated heterocycles. The Balaban J connectivity index is 1.39. The Morgan fingerprint density at radius 1 is 1.11 bits per heavy atom. The topological polar surface area (TPSA) is 72.4 Å². The summed E-state index contributed by atoms with van der Waals surface area (Å²) in [5, 5.41) is 2.82. The van der Waals surface area contributed by atoms with E-state index in [1.165, 1.54) is 5.69 Å². The normalized spacial score (nSPS) is 13.6. The summed E-state index contributed by atoms with van der Waals surface area (Å²) in [5.74, 6) is 0.708. The monoisotopic (exact) mass is 537 g/mol. The van der Waals surface area contributed by atoms with Crippen LogP contribution in [0.25, 0.3) is 0 Å². The number of hydrogen-bond donors (Lipinski definition) is 1. The van der Waals surface area contributed by atoms with Crippen LogP contribution in [0.2, 0.25) is 0 Å². The number of carbonyl (C=O) groups is 1. The molecule has 0 atom stereocenters. The number of benzene rings is 3. The van der Waals surface area contributed by atoms with Crippen LogP contribution in [0.1, 0.15) is 11.1 Å². The predicted octanol–water partition coefficient (Wildman–Crippen LogP) is 5.37. The van der Waals surface area contributed by atoms with Crippen LogP contribution in [-0.4, -0.2) is 52.1 Å². The number of nitrogens with zero attached hydrogens (tertiary/aromatic N) is 2. The zero-order valence-corrected chi connectivity index (χ0v) is 21.4. The van der Waals surface area contributed by atoms with Gasteiger partial charge in [0.25, 0.3) is 5.91 Å². The number of morpholine rings is 1. The third-order valence-corrected chi connectivity index (χ3v) is 6.11. The van der Waals surface area contributed by atoms with Gasteiger partial charge in [-0.3, -0.25) is 9.79 Å². The van der Waals surface area contributed by atoms with Crippen LogP contribution in [0.4, 0.5) is 17.1 Å². The molecule has 1 aliphatic rings. The van der Waals surface area contributed by atoms with Crippen LogP contribution in [0.3, 0.4) is 0 Å². The van der Waals surface area contributed by atoms with Crippen molar-refractivity contribution in [2.24, 2.45) is 4.99 Å². The lowest BCUT2D eigenvalue weighted by atomic mass is 10.2. The first-order valence-corrected chi connectivity index (χ1v) is 12.1. The Morgan fingerprint density at radius 3 is 2.51 bits per heavy atom. The summed E-state index contributed by atoms with van der Waals surface area (Å²) in [6.07, 6.45) is 1.77. The summed E-state index contributed by atoms with van der Waals surface area (Å²) in [4.78, 5) is 19.2. The Morgan fingerprint density at radius 2 is 1.83 bits per heavy atom. The van der Waals surface area contributed by atoms with Crippen LogP contribution >= 0.6 is 15.9 Å². The average Bonchev–Trinajstić information content (AvgIpc) is 2.88. The fraction of sp³-hybridized carbons (Fsp3) is 0.259. The van der Waals surface area contributed by atoms with Gasteiger partial charge in [0.15, 0.2) is 18.1 Å². The number of methoxy groups -OCH3 is 1. The number of hydrogen-bond acceptors (Lipinski definition) is 6. The van der Waals surface area contributed by atoms with Gasteiger partial charge in [0.05, 0.1) is 30.5 Å². The molecule has 0 aliphatic carbocycles. The largest absolute Gasteiger partial charge is 0.493 e. The Kier molecular flexibility index (Phi) is 8.39. The summed E-state index contributed by atoms with van der Waals surface area (Å²) < 4.78 is 17.4. The smallest absolute Gasteiger partial charge is 0.262 e. The Labute approximate surface area is 213 Å². The molecule has 182 valence electrons. The fourth-order valence-corrected chi connectivity index (χ4v) is 4.22. The van der Waals surface area contributed by atoms with E-state index in [1.807, 2.05) is 55.5 Å². The summed E-state index contributed by atoms with van der Waals surface area (Å²) >= 11 is 3.53. The van der Waals surface area contributed by atoms with E-state index >= 15 is 0 Å². The number of carbonyl (C=O) groups excluding carboxylic acids is 1. The standard InChI is InChI=1S/C27H28BrN3O4/c1-19-3-5-22(6-4-19)30-26(32)18-35-27-24(28)15-20(16-25(27)33-2)17-29-21-7-9-23(10-8-21)31-11-13-34-14-12-31/h3-10,15-17H,11-14,18H2,1-2H3,(H,30,32). The van der Waals surface area contributed by atoms with Gasteiger partial charge in [-0.05, 0) is 76.9 Å². The molecule has 4 rings (SSSR count). The van der Waals surface area contributed by atoms with Crippen LogP contribution in [0.15, 0.2) is 70.1 Å². The van der Waals surface area contributed by atoms with E-state index in [4.69, 9.17) is 14.2 Å². The molecule has 0 radical (unpaired) electrons. The zero-order chi connectivity index (χ0) is 24.6. The van der Waals surface area contributed by atoms with Gasteiger partial charge in [0, 0.05) is 30.7 Å². The minimum atomic E-state index is -0.256. The minimum Gasteiger partial charge on any atom is -0.493 e. The number of rotatable bonds is 8. The molecule has 1 aliphatic heterocycles. The number of aryl methyl sites for hydroxylation is 1. The molecular weight excluding hydrogens is 510 g/mol. The van der Waals surface area contributed by atoms with E-state index in [9.17, 15) is 4.79 Å². The van der Waals surface area contributed by atoms with Gasteiger partial charge in [-0.25, -0.2) is 0 Å². The van der Waals surface area contributed by atoms with Crippen LogP contribution in [0.5, 0.6) is 11.5 Å². The van der Waals surface area contributed by atoms with Crippen molar-refractivity contribution >= 4 is 45.1 Å². The minimum absolute atomic E-state index is 0.147. The van der Waals surface area contributed by atoms with Crippen LogP contribution in [-0.2, 0) is 9.53 Å². The first-order valence-electron chi connectivity index (χ1n) is 11.4. The van der Waals surface area contributed by atoms with Gasteiger partial charge < -0.3 is 24.4 Å². The summed E-state index contributed by atoms with van der Waals surface area (Å²) in [7, 11) is 1.56. The summed E-state index contributed by atoms with van der Waals surface area (Å²) in [6, 6.07) is 19.4. The van der Waals surface area contributed by atoms with Crippen molar-refractivity contribution in [3.8, 4) is 11.5 Å². The molecule has 1 N–H and O–H groups in total. The number of aliphatic imine (C=N–C) groups is 1. The molecule has 1 fully saturated rings. The molecule has 0 bridgehead atoms. The highest BCUT2D eigenvalue weighted by molar-refractivity contribution is 9.10. The second kappa shape index (κ2) is 11.9. The van der Waals surface area contributed by atoms with Crippen LogP contribution < -0.4 is 19.7 Å². The maximum absolute atomic E-state index is 12.3. The maximum Gasteiger partial charge on any atom is 0.262 e. The van der Waals surface area contributed by atoms with Crippen molar-refractivity contribution in [2.75, 3.05) is 50.2 Å². The van der Waals surface area contributed by atoms with Crippen LogP contribution in [0, 0.1) is 6.92 Å². The molecule has 7 nitrogen and oxygen atoms in total. The van der Waals surface area contributed by atoms with E-state index < -0.39 is 0 Å². The third kappa shape index (κ3) is 6.83. The molecule has 0 spiro atoms. The number of nitrogens with one attached hydrogen (secondary N) is 1. The van der Waals surface area contributed by atoms with E-state index in [0.717, 1.165) is 48.8 Å². The second-order valence-electron chi connectivity index (χ2n) is 8.11. The lowest BCUT2D eigenvalue weighted by molar-refractivity contribution is -0.118. The van der Waals surface area contributed by atoms with Gasteiger partial charge >= 0.3 is 0 Å². The average molecular weight is 538 g/mol. The Hall–Kier alpha value is -3.36. The highest BCUT2D eigenvalue weighted by Crippen LogP contribution is 2.36. The summed E-state index contributed by atoms with van der Waals surface area (Å²) in [6.45, 7) is 5.17. The first-order chi connectivity index (χ1) is 17.0. The number of amides is 1. The number of anilines is 2. The number of halogens is 1. The molecule has 3 aromatic carbocycles. The highest BCUT2D eigenvalue weighted by Gasteiger charge is 2.14. The zero-order valence-electron chi connectivity index (χ0n) is 19.8. The lowest BCUT2D eigenvalue weighted by Gasteiger charge is -2.28. The second-order valence-corrected chi connectivity index (χ2v) is 8.97. The van der Waals surface area contributed by atoms with Crippen molar-refractivity contribution in [3.05, 3.63) is 76.3 Å². The van der Waals surface area contributed by atoms with Crippen molar-refractivity contribution < 1.29 is 19.0 Å². The van der Waals surface area contributed by atoms with Gasteiger partial charge in [0.1, 0.15) is 0 Å². The highest BCUT2D eigenvalue weighted by atomic mass is 79.9. The lowest BCUT2D eigenvalue weighted by Crippen LogP contribution is -2.36. The van der Waals surface area contributed by atoms with Crippen molar-refractivity contribution in [3.63, 3.8) is 0 Å². The molecule has 35 heavy (non-hydrogen) atoms. The summed E-state index contributed by atoms with van der Waals surface area (Å²) in [5.41, 5.74) is 4.71. The van der Waals surface area contributed by atoms with E-state index in [2.05, 4.69) is 43.3 Å². The van der Waals surface area contributed by atoms with E-state index in [1.54, 1.807) is 13.3 Å². The molecular formula is C27H28BrN3O4. The van der Waals surface area contributed by atoms with Gasteiger partial charge in [-0.15, -0.1) is 0 Å². The molecule has 1 heterocycles. The van der Waals surface area contributed by atoms with Crippen molar-refractivity contribution in [2.45, 2.75) is 6.92 Å². The first kappa shape index (κ1) is 24.8. The molecule has 1 amide bonds. The van der Waals surface area contributed by atoms with E-state index in [-0.39, 0.29) is 12.5 Å². The number of ether oxygens (including phenoxy) is 3. The fourth-order valence-electron chi connectivity index (χ4n) is 3.65.